The number of alkyl halides is 1. The number of hydrogen-bond acceptors (Lipinski definition) is 5. The highest BCUT2D eigenvalue weighted by Gasteiger charge is 2.29. The normalized spacial score (nSPS) is 14.8. The van der Waals surface area contributed by atoms with Crippen molar-refractivity contribution in [3.63, 3.8) is 0 Å². The molecule has 0 aliphatic carbocycles. The number of nitrogens with one attached hydrogen (secondary N) is 1. The minimum atomic E-state index is -1.36. The van der Waals surface area contributed by atoms with Gasteiger partial charge in [0.2, 0.25) is 0 Å². The van der Waals surface area contributed by atoms with E-state index in [4.69, 9.17) is 0 Å². The third-order valence-corrected chi connectivity index (χ3v) is 2.52. The van der Waals surface area contributed by atoms with E-state index in [-0.39, 0.29) is 17.9 Å². The highest BCUT2D eigenvalue weighted by molar-refractivity contribution is 9.09. The number of hydrogen-bond donors (Lipinski definition) is 3. The van der Waals surface area contributed by atoms with Gasteiger partial charge in [0.15, 0.2) is 11.5 Å². The van der Waals surface area contributed by atoms with Gasteiger partial charge in [-0.05, 0) is 11.3 Å². The molecule has 0 aliphatic rings. The summed E-state index contributed by atoms with van der Waals surface area (Å²) in [5.74, 6) is -0.0505. The zero-order valence-corrected chi connectivity index (χ0v) is 10.1. The van der Waals surface area contributed by atoms with E-state index in [1.807, 2.05) is 0 Å². The van der Waals surface area contributed by atoms with E-state index in [0.717, 1.165) is 0 Å². The molecule has 8 heteroatoms. The van der Waals surface area contributed by atoms with Gasteiger partial charge in [-0.25, -0.2) is 9.97 Å². The molecule has 0 spiro atoms. The second-order valence-corrected chi connectivity index (χ2v) is 4.10. The first-order valence-electron chi connectivity index (χ1n) is 4.60. The lowest BCUT2D eigenvalue weighted by Gasteiger charge is -2.14. The van der Waals surface area contributed by atoms with E-state index in [0.29, 0.717) is 11.2 Å². The molecule has 0 bridgehead atoms. The largest absolute Gasteiger partial charge is 0.390 e. The van der Waals surface area contributed by atoms with Gasteiger partial charge >= 0.3 is 5.82 Å². The molecule has 0 saturated heterocycles. The number of aryl methyl sites for hydroxylation is 1. The van der Waals surface area contributed by atoms with Gasteiger partial charge < -0.3 is 20.3 Å². The lowest BCUT2D eigenvalue weighted by molar-refractivity contribution is -0.390. The fourth-order valence-electron chi connectivity index (χ4n) is 1.29. The monoisotopic (exact) mass is 293 g/mol. The molecule has 2 atom stereocenters. The van der Waals surface area contributed by atoms with Crippen LogP contribution in [0.25, 0.3) is 0 Å². The summed E-state index contributed by atoms with van der Waals surface area (Å²) in [5, 5.41) is 30.4. The maximum absolute atomic E-state index is 10.7. The maximum atomic E-state index is 10.7. The number of rotatable bonds is 5. The van der Waals surface area contributed by atoms with E-state index in [9.17, 15) is 20.3 Å². The van der Waals surface area contributed by atoms with Crippen molar-refractivity contribution in [2.75, 3.05) is 5.33 Å². The minimum absolute atomic E-state index is 0.129. The second kappa shape index (κ2) is 5.37. The molecule has 16 heavy (non-hydrogen) atoms. The summed E-state index contributed by atoms with van der Waals surface area (Å²) in [6.07, 6.45) is -2.16. The van der Waals surface area contributed by atoms with Crippen LogP contribution in [0.1, 0.15) is 24.0 Å². The van der Waals surface area contributed by atoms with Gasteiger partial charge in [-0.15, -0.1) is 0 Å². The third kappa shape index (κ3) is 2.77. The quantitative estimate of drug-likeness (QED) is 0.422. The van der Waals surface area contributed by atoms with Crippen molar-refractivity contribution in [1.29, 1.82) is 0 Å². The van der Waals surface area contributed by atoms with Crippen LogP contribution in [-0.2, 0) is 0 Å². The van der Waals surface area contributed by atoms with Gasteiger partial charge in [-0.3, -0.25) is 0 Å². The number of aliphatic hydroxyl groups excluding tert-OH is 2. The summed E-state index contributed by atoms with van der Waals surface area (Å²) >= 11 is 3.11. The molecule has 0 aliphatic heterocycles. The van der Waals surface area contributed by atoms with Crippen LogP contribution in [0.2, 0.25) is 0 Å². The van der Waals surface area contributed by atoms with E-state index in [2.05, 4.69) is 25.9 Å². The average Bonchev–Trinajstić information content (AvgIpc) is 2.59. The van der Waals surface area contributed by atoms with E-state index < -0.39 is 17.1 Å². The molecule has 1 aromatic heterocycles. The number of nitrogens with zero attached hydrogens (tertiary/aromatic N) is 2. The molecule has 90 valence electrons. The smallest absolute Gasteiger partial charge is 0.346 e. The topological polar surface area (TPSA) is 112 Å². The fourth-order valence-corrected chi connectivity index (χ4v) is 1.76. The predicted octanol–water partition coefficient (Wildman–Crippen LogP) is 0.806. The van der Waals surface area contributed by atoms with E-state index in [1.54, 1.807) is 6.92 Å². The molecule has 0 aromatic carbocycles. The molecule has 0 radical (unpaired) electrons. The number of aromatic amines is 1. The number of halogens is 1. The molecular formula is C8H12BrN3O4. The molecule has 0 fully saturated rings. The van der Waals surface area contributed by atoms with E-state index >= 15 is 0 Å². The molecule has 7 nitrogen and oxygen atoms in total. The first kappa shape index (κ1) is 13.1. The van der Waals surface area contributed by atoms with Crippen LogP contribution in [0, 0.1) is 17.0 Å². The Balaban J connectivity index is 2.98. The lowest BCUT2D eigenvalue weighted by atomic mass is 10.1. The van der Waals surface area contributed by atoms with Crippen LogP contribution in [0.3, 0.4) is 0 Å². The van der Waals surface area contributed by atoms with Crippen molar-refractivity contribution in [2.45, 2.75) is 25.6 Å². The number of nitro groups is 1. The molecular weight excluding hydrogens is 282 g/mol. The zero-order chi connectivity index (χ0) is 12.3. The number of H-pyrrole nitrogens is 1. The predicted molar refractivity (Wildman–Crippen MR) is 59.4 cm³/mol. The van der Waals surface area contributed by atoms with Gasteiger partial charge in [0, 0.05) is 12.3 Å². The molecule has 3 N–H and O–H groups in total. The Morgan fingerprint density at radius 3 is 2.75 bits per heavy atom. The molecule has 0 amide bonds. The van der Waals surface area contributed by atoms with Crippen molar-refractivity contribution >= 4 is 21.7 Å². The Labute approximate surface area is 99.8 Å². The van der Waals surface area contributed by atoms with Crippen molar-refractivity contribution in [1.82, 2.24) is 9.97 Å². The summed E-state index contributed by atoms with van der Waals surface area (Å²) in [5.41, 5.74) is -0.129. The first-order valence-corrected chi connectivity index (χ1v) is 5.72. The van der Waals surface area contributed by atoms with Gasteiger partial charge in [0.25, 0.3) is 0 Å². The maximum Gasteiger partial charge on any atom is 0.346 e. The summed E-state index contributed by atoms with van der Waals surface area (Å²) < 4.78 is 0. The van der Waals surface area contributed by atoms with Crippen LogP contribution in [-0.4, -0.2) is 36.5 Å². The molecule has 0 saturated carbocycles. The molecule has 1 heterocycles. The SMILES string of the molecule is Cc1nc(C(O)C(O)CCBr)c([N+](=O)[O-])[nH]1. The number of imidazole rings is 1. The molecule has 1 rings (SSSR count). The van der Waals surface area contributed by atoms with Crippen LogP contribution < -0.4 is 0 Å². The van der Waals surface area contributed by atoms with Crippen LogP contribution in [0.15, 0.2) is 0 Å². The van der Waals surface area contributed by atoms with Gasteiger partial charge in [-0.2, -0.15) is 0 Å². The zero-order valence-electron chi connectivity index (χ0n) is 8.55. The van der Waals surface area contributed by atoms with Crippen LogP contribution in [0.4, 0.5) is 5.82 Å². The fraction of sp³-hybridized carbons (Fsp3) is 0.625. The lowest BCUT2D eigenvalue weighted by Crippen LogP contribution is -2.19. The Morgan fingerprint density at radius 2 is 2.25 bits per heavy atom. The summed E-state index contributed by atoms with van der Waals surface area (Å²) in [6.45, 7) is 1.54. The number of aromatic nitrogens is 2. The standard InChI is InChI=1S/C8H12BrN3O4/c1-4-10-6(8(11-4)12(15)16)7(14)5(13)2-3-9/h5,7,13-14H,2-3H2,1H3,(H,10,11). The summed E-state index contributed by atoms with van der Waals surface area (Å²) in [4.78, 5) is 16.2. The third-order valence-electron chi connectivity index (χ3n) is 2.06. The molecule has 1 aromatic rings. The Hall–Kier alpha value is -0.990. The molecule has 2 unspecified atom stereocenters. The van der Waals surface area contributed by atoms with E-state index in [1.165, 1.54) is 0 Å². The summed E-state index contributed by atoms with van der Waals surface area (Å²) in [7, 11) is 0. The van der Waals surface area contributed by atoms with Crippen LogP contribution >= 0.6 is 15.9 Å². The number of aliphatic hydroxyl groups is 2. The van der Waals surface area contributed by atoms with Crippen molar-refractivity contribution < 1.29 is 15.1 Å². The minimum Gasteiger partial charge on any atom is -0.390 e. The van der Waals surface area contributed by atoms with Gasteiger partial charge in [-0.1, -0.05) is 15.9 Å². The highest BCUT2D eigenvalue weighted by atomic mass is 79.9. The van der Waals surface area contributed by atoms with Gasteiger partial charge in [0.05, 0.1) is 6.10 Å². The Bertz CT molecular complexity index is 381. The van der Waals surface area contributed by atoms with Gasteiger partial charge in [0.1, 0.15) is 6.10 Å². The average molecular weight is 294 g/mol. The second-order valence-electron chi connectivity index (χ2n) is 3.30. The van der Waals surface area contributed by atoms with Crippen LogP contribution in [0.5, 0.6) is 0 Å². The Kier molecular flexibility index (Phi) is 4.39. The van der Waals surface area contributed by atoms with Crippen molar-refractivity contribution in [3.05, 3.63) is 21.6 Å². The summed E-state index contributed by atoms with van der Waals surface area (Å²) in [6, 6.07) is 0. The Morgan fingerprint density at radius 1 is 1.62 bits per heavy atom. The van der Waals surface area contributed by atoms with Crippen molar-refractivity contribution in [2.24, 2.45) is 0 Å². The van der Waals surface area contributed by atoms with Crippen molar-refractivity contribution in [3.8, 4) is 0 Å². The first-order chi connectivity index (χ1) is 7.47. The highest BCUT2D eigenvalue weighted by Crippen LogP contribution is 2.26.